The number of nitrogens with zero attached hydrogens (tertiary/aromatic N) is 1. The molecule has 0 spiro atoms. The van der Waals surface area contributed by atoms with Crippen LogP contribution in [0.25, 0.3) is 0 Å². The van der Waals surface area contributed by atoms with Crippen LogP contribution in [0.2, 0.25) is 0 Å². The van der Waals surface area contributed by atoms with E-state index in [1.807, 2.05) is 18.7 Å². The Kier molecular flexibility index (Phi) is 4.39. The lowest BCUT2D eigenvalue weighted by Crippen LogP contribution is -2.47. The van der Waals surface area contributed by atoms with Crippen molar-refractivity contribution in [3.8, 4) is 0 Å². The molecule has 14 heavy (non-hydrogen) atoms. The smallest absolute Gasteiger partial charge is 0.239 e. The molecule has 0 heterocycles. The molecule has 1 rings (SSSR count). The van der Waals surface area contributed by atoms with E-state index in [1.165, 1.54) is 12.8 Å². The number of likely N-dealkylation sites (N-methyl/N-ethyl adjacent to an activating group) is 1. The van der Waals surface area contributed by atoms with Crippen LogP contribution in [-0.4, -0.2) is 29.4 Å². The molecule has 0 aliphatic heterocycles. The van der Waals surface area contributed by atoms with Crippen molar-refractivity contribution in [3.63, 3.8) is 0 Å². The van der Waals surface area contributed by atoms with Gasteiger partial charge in [-0.15, -0.1) is 0 Å². The largest absolute Gasteiger partial charge is 0.339 e. The van der Waals surface area contributed by atoms with E-state index in [2.05, 4.69) is 0 Å². The molecule has 0 radical (unpaired) electrons. The number of amides is 1. The highest BCUT2D eigenvalue weighted by Crippen LogP contribution is 2.23. The van der Waals surface area contributed by atoms with Crippen molar-refractivity contribution in [1.82, 2.24) is 4.90 Å². The van der Waals surface area contributed by atoms with Crippen LogP contribution in [0.1, 0.15) is 46.0 Å². The third kappa shape index (κ3) is 2.47. The van der Waals surface area contributed by atoms with E-state index in [4.69, 9.17) is 5.73 Å². The Labute approximate surface area is 86.6 Å². The SMILES string of the molecule is CC[C@H](N)C(=O)N(CC)C1CCCC1. The molecular weight excluding hydrogens is 176 g/mol. The average Bonchev–Trinajstić information content (AvgIpc) is 2.71. The van der Waals surface area contributed by atoms with Crippen molar-refractivity contribution in [2.75, 3.05) is 6.54 Å². The maximum absolute atomic E-state index is 11.9. The normalized spacial score (nSPS) is 19.6. The Balaban J connectivity index is 2.55. The van der Waals surface area contributed by atoms with E-state index in [9.17, 15) is 4.79 Å². The molecule has 0 aromatic heterocycles. The molecule has 0 bridgehead atoms. The van der Waals surface area contributed by atoms with E-state index < -0.39 is 0 Å². The zero-order valence-corrected chi connectivity index (χ0v) is 9.33. The number of hydrogen-bond acceptors (Lipinski definition) is 2. The third-order valence-corrected chi connectivity index (χ3v) is 3.15. The van der Waals surface area contributed by atoms with E-state index >= 15 is 0 Å². The van der Waals surface area contributed by atoms with Crippen LogP contribution in [-0.2, 0) is 4.79 Å². The highest BCUT2D eigenvalue weighted by Gasteiger charge is 2.27. The summed E-state index contributed by atoms with van der Waals surface area (Å²) in [5.74, 6) is 0.141. The zero-order chi connectivity index (χ0) is 10.6. The molecule has 3 heteroatoms. The Hall–Kier alpha value is -0.570. The molecule has 1 aliphatic rings. The van der Waals surface area contributed by atoms with Crippen LogP contribution in [0.4, 0.5) is 0 Å². The average molecular weight is 198 g/mol. The topological polar surface area (TPSA) is 46.3 Å². The number of hydrogen-bond donors (Lipinski definition) is 1. The molecule has 1 saturated carbocycles. The maximum atomic E-state index is 11.9. The monoisotopic (exact) mass is 198 g/mol. The summed E-state index contributed by atoms with van der Waals surface area (Å²) in [5.41, 5.74) is 5.77. The van der Waals surface area contributed by atoms with E-state index in [0.717, 1.165) is 25.8 Å². The first-order chi connectivity index (χ1) is 6.70. The van der Waals surface area contributed by atoms with Crippen LogP contribution in [0.5, 0.6) is 0 Å². The lowest BCUT2D eigenvalue weighted by Gasteiger charge is -2.29. The van der Waals surface area contributed by atoms with Gasteiger partial charge in [-0.1, -0.05) is 19.8 Å². The molecule has 0 aromatic rings. The Morgan fingerprint density at radius 3 is 2.43 bits per heavy atom. The summed E-state index contributed by atoms with van der Waals surface area (Å²) >= 11 is 0. The summed E-state index contributed by atoms with van der Waals surface area (Å²) in [6.45, 7) is 4.81. The molecule has 3 nitrogen and oxygen atoms in total. The molecule has 1 aliphatic carbocycles. The van der Waals surface area contributed by atoms with Crippen LogP contribution >= 0.6 is 0 Å². The van der Waals surface area contributed by atoms with Crippen LogP contribution in [0.3, 0.4) is 0 Å². The first-order valence-corrected chi connectivity index (χ1v) is 5.76. The van der Waals surface area contributed by atoms with Crippen molar-refractivity contribution in [1.29, 1.82) is 0 Å². The summed E-state index contributed by atoms with van der Waals surface area (Å²) in [4.78, 5) is 13.9. The second-order valence-electron chi connectivity index (χ2n) is 4.08. The minimum Gasteiger partial charge on any atom is -0.339 e. The molecule has 0 unspecified atom stereocenters. The van der Waals surface area contributed by atoms with Gasteiger partial charge in [-0.25, -0.2) is 0 Å². The standard InChI is InChI=1S/C11H22N2O/c1-3-10(12)11(14)13(4-2)9-7-5-6-8-9/h9-10H,3-8,12H2,1-2H3/t10-/m0/s1. The fourth-order valence-corrected chi connectivity index (χ4v) is 2.20. The van der Waals surface area contributed by atoms with Crippen molar-refractivity contribution >= 4 is 5.91 Å². The second-order valence-corrected chi connectivity index (χ2v) is 4.08. The summed E-state index contributed by atoms with van der Waals surface area (Å²) in [6, 6.07) is 0.167. The molecule has 2 N–H and O–H groups in total. The van der Waals surface area contributed by atoms with Crippen molar-refractivity contribution in [2.45, 2.75) is 58.0 Å². The molecular formula is C11H22N2O. The maximum Gasteiger partial charge on any atom is 0.239 e. The first kappa shape index (κ1) is 11.5. The minimum absolute atomic E-state index is 0.141. The van der Waals surface area contributed by atoms with Gasteiger partial charge >= 0.3 is 0 Å². The van der Waals surface area contributed by atoms with E-state index in [-0.39, 0.29) is 11.9 Å². The first-order valence-electron chi connectivity index (χ1n) is 5.76. The lowest BCUT2D eigenvalue weighted by molar-refractivity contribution is -0.134. The van der Waals surface area contributed by atoms with Crippen molar-refractivity contribution in [3.05, 3.63) is 0 Å². The number of rotatable bonds is 4. The van der Waals surface area contributed by atoms with Gasteiger partial charge in [-0.05, 0) is 26.2 Å². The quantitative estimate of drug-likeness (QED) is 0.744. The highest BCUT2D eigenvalue weighted by molar-refractivity contribution is 5.81. The number of carbonyl (C=O) groups is 1. The van der Waals surface area contributed by atoms with Gasteiger partial charge in [0.1, 0.15) is 0 Å². The van der Waals surface area contributed by atoms with Gasteiger partial charge in [0.25, 0.3) is 0 Å². The van der Waals surface area contributed by atoms with Crippen molar-refractivity contribution < 1.29 is 4.79 Å². The van der Waals surface area contributed by atoms with Gasteiger partial charge in [0.2, 0.25) is 5.91 Å². The molecule has 1 amide bonds. The summed E-state index contributed by atoms with van der Waals surface area (Å²) in [7, 11) is 0. The molecule has 1 fully saturated rings. The molecule has 1 atom stereocenters. The minimum atomic E-state index is -0.296. The van der Waals surface area contributed by atoms with Crippen LogP contribution in [0, 0.1) is 0 Å². The third-order valence-electron chi connectivity index (χ3n) is 3.15. The predicted octanol–water partition coefficient (Wildman–Crippen LogP) is 1.51. The van der Waals surface area contributed by atoms with E-state index in [0.29, 0.717) is 6.04 Å². The molecule has 82 valence electrons. The number of nitrogens with two attached hydrogens (primary N) is 1. The van der Waals surface area contributed by atoms with Gasteiger partial charge in [0.15, 0.2) is 0 Å². The zero-order valence-electron chi connectivity index (χ0n) is 9.33. The summed E-state index contributed by atoms with van der Waals surface area (Å²) < 4.78 is 0. The van der Waals surface area contributed by atoms with Gasteiger partial charge in [0.05, 0.1) is 6.04 Å². The molecule has 0 saturated heterocycles. The summed E-state index contributed by atoms with van der Waals surface area (Å²) in [6.07, 6.45) is 5.58. The molecule has 0 aromatic carbocycles. The Morgan fingerprint density at radius 1 is 1.43 bits per heavy atom. The fraction of sp³-hybridized carbons (Fsp3) is 0.909. The lowest BCUT2D eigenvalue weighted by atomic mass is 10.1. The van der Waals surface area contributed by atoms with Crippen LogP contribution in [0.15, 0.2) is 0 Å². The predicted molar refractivity (Wildman–Crippen MR) is 57.9 cm³/mol. The van der Waals surface area contributed by atoms with E-state index in [1.54, 1.807) is 0 Å². The van der Waals surface area contributed by atoms with Gasteiger partial charge in [-0.3, -0.25) is 4.79 Å². The van der Waals surface area contributed by atoms with Gasteiger partial charge in [0, 0.05) is 12.6 Å². The number of carbonyl (C=O) groups excluding carboxylic acids is 1. The van der Waals surface area contributed by atoms with Gasteiger partial charge in [-0.2, -0.15) is 0 Å². The Bertz CT molecular complexity index is 188. The summed E-state index contributed by atoms with van der Waals surface area (Å²) in [5, 5.41) is 0. The highest BCUT2D eigenvalue weighted by atomic mass is 16.2. The van der Waals surface area contributed by atoms with Crippen LogP contribution < -0.4 is 5.73 Å². The van der Waals surface area contributed by atoms with Gasteiger partial charge < -0.3 is 10.6 Å². The van der Waals surface area contributed by atoms with Crippen molar-refractivity contribution in [2.24, 2.45) is 5.73 Å². The second kappa shape index (κ2) is 5.35. The fourth-order valence-electron chi connectivity index (χ4n) is 2.20. The Morgan fingerprint density at radius 2 is 2.00 bits per heavy atom.